The van der Waals surface area contributed by atoms with Crippen LogP contribution in [0, 0.1) is 5.92 Å². The van der Waals surface area contributed by atoms with Gasteiger partial charge in [-0.1, -0.05) is 13.8 Å². The van der Waals surface area contributed by atoms with Gasteiger partial charge in [-0.05, 0) is 24.8 Å². The molecule has 6 heteroatoms. The molecule has 0 spiro atoms. The summed E-state index contributed by atoms with van der Waals surface area (Å²) in [6.07, 6.45) is 2.52. The third-order valence-electron chi connectivity index (χ3n) is 3.69. The van der Waals surface area contributed by atoms with E-state index in [0.717, 1.165) is 25.2 Å². The Morgan fingerprint density at radius 2 is 2.18 bits per heavy atom. The van der Waals surface area contributed by atoms with Crippen LogP contribution in [0.2, 0.25) is 0 Å². The Hall–Kier alpha value is -1.85. The first-order valence-corrected chi connectivity index (χ1v) is 7.91. The van der Waals surface area contributed by atoms with Gasteiger partial charge in [0.2, 0.25) is 11.8 Å². The molecule has 1 aliphatic rings. The van der Waals surface area contributed by atoms with Gasteiger partial charge < -0.3 is 14.5 Å². The average molecular weight is 306 g/mol. The Morgan fingerprint density at radius 1 is 1.41 bits per heavy atom. The summed E-state index contributed by atoms with van der Waals surface area (Å²) in [5, 5.41) is 8.20. The minimum Gasteiger partial charge on any atom is -0.471 e. The molecule has 0 aliphatic carbocycles. The van der Waals surface area contributed by atoms with E-state index < -0.39 is 0 Å². The fourth-order valence-corrected chi connectivity index (χ4v) is 2.52. The predicted octanol–water partition coefficient (Wildman–Crippen LogP) is 1.96. The normalized spacial score (nSPS) is 18.4. The van der Waals surface area contributed by atoms with Crippen molar-refractivity contribution >= 4 is 11.7 Å². The number of carbonyl (C=O) groups is 1. The highest BCUT2D eigenvalue weighted by molar-refractivity contribution is 5.76. The Balaban J connectivity index is 1.91. The molecule has 0 saturated carbocycles. The highest BCUT2D eigenvalue weighted by Gasteiger charge is 2.25. The van der Waals surface area contributed by atoms with Crippen molar-refractivity contribution in [1.82, 2.24) is 15.1 Å². The van der Waals surface area contributed by atoms with Crippen LogP contribution in [-0.2, 0) is 4.79 Å². The Kier molecular flexibility index (Phi) is 5.57. The molecule has 0 N–H and O–H groups in total. The summed E-state index contributed by atoms with van der Waals surface area (Å²) in [6.45, 7) is 5.61. The number of nitrogens with zero attached hydrogens (tertiary/aromatic N) is 4. The number of amides is 1. The van der Waals surface area contributed by atoms with Gasteiger partial charge in [0.1, 0.15) is 6.10 Å². The summed E-state index contributed by atoms with van der Waals surface area (Å²) in [5.74, 6) is 1.93. The van der Waals surface area contributed by atoms with Crippen molar-refractivity contribution in [3.05, 3.63) is 12.1 Å². The lowest BCUT2D eigenvalue weighted by Gasteiger charge is -2.33. The van der Waals surface area contributed by atoms with E-state index in [0.29, 0.717) is 24.8 Å². The number of aromatic nitrogens is 2. The number of anilines is 1. The van der Waals surface area contributed by atoms with Crippen molar-refractivity contribution < 1.29 is 9.53 Å². The van der Waals surface area contributed by atoms with Crippen LogP contribution in [-0.4, -0.2) is 54.3 Å². The van der Waals surface area contributed by atoms with Crippen molar-refractivity contribution in [3.8, 4) is 5.88 Å². The van der Waals surface area contributed by atoms with Gasteiger partial charge in [-0.2, -0.15) is 0 Å². The third kappa shape index (κ3) is 4.58. The molecule has 1 unspecified atom stereocenters. The highest BCUT2D eigenvalue weighted by Crippen LogP contribution is 2.19. The second kappa shape index (κ2) is 7.42. The van der Waals surface area contributed by atoms with Crippen molar-refractivity contribution in [1.29, 1.82) is 0 Å². The molecule has 0 bridgehead atoms. The molecule has 122 valence electrons. The largest absolute Gasteiger partial charge is 0.471 e. The minimum atomic E-state index is 0.00404. The molecule has 6 nitrogen and oxygen atoms in total. The van der Waals surface area contributed by atoms with Crippen molar-refractivity contribution in [3.63, 3.8) is 0 Å². The van der Waals surface area contributed by atoms with Gasteiger partial charge in [0.25, 0.3) is 0 Å². The van der Waals surface area contributed by atoms with Gasteiger partial charge in [-0.15, -0.1) is 10.2 Å². The quantitative estimate of drug-likeness (QED) is 0.832. The maximum absolute atomic E-state index is 12.2. The van der Waals surface area contributed by atoms with E-state index in [1.54, 1.807) is 0 Å². The Bertz CT molecular complexity index is 487. The summed E-state index contributed by atoms with van der Waals surface area (Å²) in [4.78, 5) is 16.0. The maximum atomic E-state index is 12.2. The number of hydrogen-bond acceptors (Lipinski definition) is 5. The van der Waals surface area contributed by atoms with Gasteiger partial charge in [0.15, 0.2) is 5.82 Å². The summed E-state index contributed by atoms with van der Waals surface area (Å²) in [6, 6.07) is 3.71. The molecule has 1 aromatic rings. The van der Waals surface area contributed by atoms with Gasteiger partial charge in [0.05, 0.1) is 6.54 Å². The van der Waals surface area contributed by atoms with E-state index >= 15 is 0 Å². The van der Waals surface area contributed by atoms with Crippen LogP contribution in [0.3, 0.4) is 0 Å². The summed E-state index contributed by atoms with van der Waals surface area (Å²) < 4.78 is 5.89. The molecule has 2 heterocycles. The number of carbonyl (C=O) groups excluding carboxylic acids is 1. The van der Waals surface area contributed by atoms with Crippen LogP contribution in [0.1, 0.15) is 33.1 Å². The van der Waals surface area contributed by atoms with E-state index in [2.05, 4.69) is 24.0 Å². The molecule has 0 radical (unpaired) electrons. The monoisotopic (exact) mass is 306 g/mol. The van der Waals surface area contributed by atoms with Crippen LogP contribution >= 0.6 is 0 Å². The molecule has 1 fully saturated rings. The van der Waals surface area contributed by atoms with E-state index in [4.69, 9.17) is 4.74 Å². The van der Waals surface area contributed by atoms with Gasteiger partial charge >= 0.3 is 0 Å². The van der Waals surface area contributed by atoms with Gasteiger partial charge in [-0.3, -0.25) is 4.79 Å². The SMILES string of the molecule is CC(C)CC(=O)N1CCCC(Oc2ccc(N(C)C)nn2)C1. The number of hydrogen-bond donors (Lipinski definition) is 0. The first kappa shape index (κ1) is 16.5. The first-order chi connectivity index (χ1) is 10.5. The second-order valence-corrected chi connectivity index (χ2v) is 6.44. The molecule has 1 atom stereocenters. The van der Waals surface area contributed by atoms with Crippen LogP contribution < -0.4 is 9.64 Å². The van der Waals surface area contributed by atoms with Crippen LogP contribution in [0.15, 0.2) is 12.1 Å². The van der Waals surface area contributed by atoms with Crippen LogP contribution in [0.25, 0.3) is 0 Å². The van der Waals surface area contributed by atoms with E-state index in [9.17, 15) is 4.79 Å². The highest BCUT2D eigenvalue weighted by atomic mass is 16.5. The lowest BCUT2D eigenvalue weighted by atomic mass is 10.1. The summed E-state index contributed by atoms with van der Waals surface area (Å²) in [7, 11) is 3.84. The molecular weight excluding hydrogens is 280 g/mol. The molecular formula is C16H26N4O2. The van der Waals surface area contributed by atoms with Crippen LogP contribution in [0.4, 0.5) is 5.82 Å². The number of rotatable bonds is 5. The first-order valence-electron chi connectivity index (χ1n) is 7.91. The zero-order valence-electron chi connectivity index (χ0n) is 14.0. The molecule has 22 heavy (non-hydrogen) atoms. The predicted molar refractivity (Wildman–Crippen MR) is 86.0 cm³/mol. The molecule has 1 saturated heterocycles. The van der Waals surface area contributed by atoms with E-state index in [-0.39, 0.29) is 12.0 Å². The lowest BCUT2D eigenvalue weighted by molar-refractivity contribution is -0.134. The van der Waals surface area contributed by atoms with Crippen LogP contribution in [0.5, 0.6) is 5.88 Å². The molecule has 1 aliphatic heterocycles. The van der Waals surface area contributed by atoms with E-state index in [1.807, 2.05) is 36.0 Å². The van der Waals surface area contributed by atoms with Crippen molar-refractivity contribution in [2.75, 3.05) is 32.1 Å². The summed E-state index contributed by atoms with van der Waals surface area (Å²) >= 11 is 0. The topological polar surface area (TPSA) is 58.6 Å². The van der Waals surface area contributed by atoms with Crippen molar-refractivity contribution in [2.45, 2.75) is 39.2 Å². The maximum Gasteiger partial charge on any atom is 0.233 e. The number of likely N-dealkylation sites (tertiary alicyclic amines) is 1. The van der Waals surface area contributed by atoms with E-state index in [1.165, 1.54) is 0 Å². The van der Waals surface area contributed by atoms with Gasteiger partial charge in [0, 0.05) is 33.1 Å². The zero-order valence-corrected chi connectivity index (χ0v) is 14.0. The lowest BCUT2D eigenvalue weighted by Crippen LogP contribution is -2.44. The molecule has 2 rings (SSSR count). The molecule has 1 amide bonds. The second-order valence-electron chi connectivity index (χ2n) is 6.44. The Morgan fingerprint density at radius 3 is 2.77 bits per heavy atom. The number of piperidine rings is 1. The molecule has 0 aromatic carbocycles. The van der Waals surface area contributed by atoms with Gasteiger partial charge in [-0.25, -0.2) is 0 Å². The minimum absolute atomic E-state index is 0.00404. The Labute approximate surface area is 132 Å². The fourth-order valence-electron chi connectivity index (χ4n) is 2.52. The summed E-state index contributed by atoms with van der Waals surface area (Å²) in [5.41, 5.74) is 0. The zero-order chi connectivity index (χ0) is 16.1. The third-order valence-corrected chi connectivity index (χ3v) is 3.69. The standard InChI is InChI=1S/C16H26N4O2/c1-12(2)10-16(21)20-9-5-6-13(11-20)22-15-8-7-14(17-18-15)19(3)4/h7-8,12-13H,5-6,9-11H2,1-4H3. The fraction of sp³-hybridized carbons (Fsp3) is 0.688. The molecule has 1 aromatic heterocycles. The smallest absolute Gasteiger partial charge is 0.233 e. The number of ether oxygens (including phenoxy) is 1. The average Bonchev–Trinajstić information content (AvgIpc) is 2.47. The van der Waals surface area contributed by atoms with Crippen molar-refractivity contribution in [2.24, 2.45) is 5.92 Å².